The molecule has 8 rings (SSSR count). The standard InChI is InChI=1S/C41H52ClN5O4S/c1-3-47-22-30(20-43-47)21-44-52(49)25-28(2)6-4-8-38(50-24-29-9-10-29)35-14-11-33(35)23-46-26-41(17-5-7-31-18-34(42)13-15-36(31)41)27-51-39-16-12-32(19-37(39)46)40(48)45-52/h4,8,12-13,15-16,18-20,22,28-29,33,35,38H,3,5-7,9-11,14,17,21,23-27H2,1-2H3,(H,44,45,48,49)/b8-4+/t28-,33-,35+,38-,41-,52+/m0/s1. The molecule has 3 aromatic rings. The lowest BCUT2D eigenvalue weighted by atomic mass is 9.68. The van der Waals surface area contributed by atoms with Gasteiger partial charge in [0.25, 0.3) is 5.91 Å². The van der Waals surface area contributed by atoms with Gasteiger partial charge < -0.3 is 14.4 Å². The maximum atomic E-state index is 14.6. The highest BCUT2D eigenvalue weighted by molar-refractivity contribution is 7.92. The second-order valence-electron chi connectivity index (χ2n) is 16.0. The Bertz CT molecular complexity index is 1950. The van der Waals surface area contributed by atoms with Crippen molar-refractivity contribution >= 4 is 33.1 Å². The molecule has 2 aliphatic heterocycles. The minimum atomic E-state index is -3.13. The number of carbonyl (C=O) groups excluding carboxylic acids is 1. The summed E-state index contributed by atoms with van der Waals surface area (Å²) >= 11 is 6.50. The Hall–Kier alpha value is -3.18. The molecule has 1 spiro atoms. The van der Waals surface area contributed by atoms with Crippen LogP contribution in [0.25, 0.3) is 0 Å². The highest BCUT2D eigenvalue weighted by atomic mass is 35.5. The molecule has 0 unspecified atom stereocenters. The van der Waals surface area contributed by atoms with Gasteiger partial charge in [-0.1, -0.05) is 36.7 Å². The molecular weight excluding hydrogens is 694 g/mol. The third kappa shape index (κ3) is 7.72. The van der Waals surface area contributed by atoms with Crippen molar-refractivity contribution in [2.45, 2.75) is 89.8 Å². The molecule has 3 heterocycles. The van der Waals surface area contributed by atoms with Crippen LogP contribution in [0.1, 0.15) is 85.8 Å². The molecule has 5 aliphatic rings. The van der Waals surface area contributed by atoms with Crippen LogP contribution >= 0.6 is 11.6 Å². The zero-order chi connectivity index (χ0) is 35.9. The van der Waals surface area contributed by atoms with Crippen LogP contribution in [-0.4, -0.2) is 58.1 Å². The van der Waals surface area contributed by atoms with E-state index in [0.717, 1.165) is 86.8 Å². The van der Waals surface area contributed by atoms with Gasteiger partial charge >= 0.3 is 0 Å². The second kappa shape index (κ2) is 14.9. The van der Waals surface area contributed by atoms with Crippen molar-refractivity contribution in [2.75, 3.05) is 37.0 Å². The smallest absolute Gasteiger partial charge is 0.286 e. The third-order valence-corrected chi connectivity index (χ3v) is 14.3. The van der Waals surface area contributed by atoms with Crippen LogP contribution in [-0.2, 0) is 39.6 Å². The molecule has 52 heavy (non-hydrogen) atoms. The number of carbonyl (C=O) groups is 1. The molecule has 0 saturated heterocycles. The molecule has 278 valence electrons. The molecule has 0 radical (unpaired) electrons. The Balaban J connectivity index is 1.18. The van der Waals surface area contributed by atoms with Gasteiger partial charge in [0.05, 0.1) is 31.2 Å². The maximum absolute atomic E-state index is 14.6. The van der Waals surface area contributed by atoms with Crippen molar-refractivity contribution in [1.29, 1.82) is 0 Å². The van der Waals surface area contributed by atoms with Gasteiger partial charge in [0.15, 0.2) is 0 Å². The van der Waals surface area contributed by atoms with Crippen LogP contribution < -0.4 is 14.4 Å². The number of nitrogens with zero attached hydrogens (tertiary/aromatic N) is 4. The van der Waals surface area contributed by atoms with E-state index in [1.165, 1.54) is 24.0 Å². The van der Waals surface area contributed by atoms with E-state index in [2.05, 4.69) is 50.3 Å². The quantitative estimate of drug-likeness (QED) is 0.249. The van der Waals surface area contributed by atoms with E-state index in [9.17, 15) is 9.00 Å². The predicted molar refractivity (Wildman–Crippen MR) is 206 cm³/mol. The van der Waals surface area contributed by atoms with E-state index in [1.54, 1.807) is 12.3 Å². The Labute approximate surface area is 313 Å². The van der Waals surface area contributed by atoms with E-state index in [1.807, 2.05) is 36.0 Å². The lowest BCUT2D eigenvalue weighted by Gasteiger charge is -2.46. The van der Waals surface area contributed by atoms with Gasteiger partial charge in [-0.15, -0.1) is 4.36 Å². The molecule has 3 aliphatic carbocycles. The van der Waals surface area contributed by atoms with Gasteiger partial charge in [-0.3, -0.25) is 9.48 Å². The summed E-state index contributed by atoms with van der Waals surface area (Å²) in [5, 5.41) is 5.14. The fourth-order valence-corrected chi connectivity index (χ4v) is 10.8. The Morgan fingerprint density at radius 1 is 1.15 bits per heavy atom. The number of amides is 1. The number of hydrogen-bond donors (Lipinski definition) is 1. The number of aryl methyl sites for hydroxylation is 2. The van der Waals surface area contributed by atoms with E-state index in [0.29, 0.717) is 36.5 Å². The number of ether oxygens (including phenoxy) is 2. The first-order chi connectivity index (χ1) is 25.2. The molecule has 1 aromatic heterocycles. The summed E-state index contributed by atoms with van der Waals surface area (Å²) in [4.78, 5) is 16.5. The van der Waals surface area contributed by atoms with Crippen LogP contribution in [0.5, 0.6) is 5.75 Å². The average Bonchev–Trinajstić information content (AvgIpc) is 3.86. The van der Waals surface area contributed by atoms with E-state index >= 15 is 0 Å². The van der Waals surface area contributed by atoms with Gasteiger partial charge in [0, 0.05) is 59.7 Å². The van der Waals surface area contributed by atoms with Crippen LogP contribution in [0.4, 0.5) is 5.69 Å². The van der Waals surface area contributed by atoms with Gasteiger partial charge in [-0.25, -0.2) is 8.93 Å². The topological polar surface area (TPSA) is 98.1 Å². The highest BCUT2D eigenvalue weighted by Crippen LogP contribution is 2.47. The molecule has 1 N–H and O–H groups in total. The maximum Gasteiger partial charge on any atom is 0.286 e. The lowest BCUT2D eigenvalue weighted by molar-refractivity contribution is -0.0182. The van der Waals surface area contributed by atoms with Gasteiger partial charge in [0.1, 0.15) is 15.7 Å². The first-order valence-electron chi connectivity index (χ1n) is 19.3. The number of rotatable bonds is 7. The normalized spacial score (nSPS) is 31.1. The molecule has 2 saturated carbocycles. The summed E-state index contributed by atoms with van der Waals surface area (Å²) in [5.74, 6) is 2.10. The monoisotopic (exact) mass is 745 g/mol. The number of benzene rings is 2. The van der Waals surface area contributed by atoms with Gasteiger partial charge in [-0.05, 0) is 123 Å². The number of halogens is 1. The first-order valence-corrected chi connectivity index (χ1v) is 21.4. The molecule has 11 heteroatoms. The lowest BCUT2D eigenvalue weighted by Crippen LogP contribution is -2.49. The Morgan fingerprint density at radius 3 is 2.83 bits per heavy atom. The minimum Gasteiger partial charge on any atom is -0.490 e. The van der Waals surface area contributed by atoms with Crippen molar-refractivity contribution in [3.63, 3.8) is 0 Å². The molecule has 2 aromatic carbocycles. The van der Waals surface area contributed by atoms with Crippen LogP contribution in [0.3, 0.4) is 0 Å². The fraction of sp³-hybridized carbons (Fsp3) is 0.561. The second-order valence-corrected chi connectivity index (χ2v) is 18.5. The van der Waals surface area contributed by atoms with Gasteiger partial charge in [0.2, 0.25) is 0 Å². The first kappa shape index (κ1) is 35.8. The van der Waals surface area contributed by atoms with Crippen LogP contribution in [0, 0.1) is 23.7 Å². The number of nitrogens with one attached hydrogen (secondary N) is 1. The molecular formula is C41H52ClN5O4S. The summed E-state index contributed by atoms with van der Waals surface area (Å²) in [6.07, 6.45) is 16.8. The molecule has 6 atom stereocenters. The summed E-state index contributed by atoms with van der Waals surface area (Å²) < 4.78 is 37.5. The average molecular weight is 746 g/mol. The number of hydrogen-bond acceptors (Lipinski definition) is 6. The minimum absolute atomic E-state index is 0.0284. The summed E-state index contributed by atoms with van der Waals surface area (Å²) in [7, 11) is -3.13. The Morgan fingerprint density at radius 2 is 2.04 bits per heavy atom. The van der Waals surface area contributed by atoms with Crippen LogP contribution in [0.2, 0.25) is 5.02 Å². The zero-order valence-electron chi connectivity index (χ0n) is 30.5. The van der Waals surface area contributed by atoms with Crippen LogP contribution in [0.15, 0.2) is 65.3 Å². The van der Waals surface area contributed by atoms with Crippen molar-refractivity contribution in [1.82, 2.24) is 14.5 Å². The number of allylic oxidation sites excluding steroid dienone is 1. The van der Waals surface area contributed by atoms with E-state index in [4.69, 9.17) is 21.1 Å². The van der Waals surface area contributed by atoms with Crippen molar-refractivity contribution in [3.8, 4) is 5.75 Å². The predicted octanol–water partition coefficient (Wildman–Crippen LogP) is 7.76. The molecule has 9 nitrogen and oxygen atoms in total. The molecule has 2 fully saturated rings. The number of aromatic nitrogens is 2. The van der Waals surface area contributed by atoms with Crippen molar-refractivity contribution < 1.29 is 18.5 Å². The molecule has 1 amide bonds. The molecule has 2 bridgehead atoms. The van der Waals surface area contributed by atoms with E-state index < -0.39 is 15.8 Å². The third-order valence-electron chi connectivity index (χ3n) is 12.0. The largest absolute Gasteiger partial charge is 0.490 e. The van der Waals surface area contributed by atoms with Crippen molar-refractivity contribution in [2.24, 2.45) is 28.0 Å². The van der Waals surface area contributed by atoms with E-state index in [-0.39, 0.29) is 23.2 Å². The summed E-state index contributed by atoms with van der Waals surface area (Å²) in [6.45, 7) is 8.15. The fourth-order valence-electron chi connectivity index (χ4n) is 8.72. The highest BCUT2D eigenvalue weighted by Gasteiger charge is 2.44. The number of anilines is 1. The zero-order valence-corrected chi connectivity index (χ0v) is 32.0. The van der Waals surface area contributed by atoms with Gasteiger partial charge in [-0.2, -0.15) is 5.10 Å². The Kier molecular flexibility index (Phi) is 10.3. The summed E-state index contributed by atoms with van der Waals surface area (Å²) in [6, 6.07) is 12.0. The summed E-state index contributed by atoms with van der Waals surface area (Å²) in [5.41, 5.74) is 4.63. The number of fused-ring (bicyclic) bond motifs is 4. The SMILES string of the molecule is CCn1cc(CN[S@@]2(=O)=NC(=O)c3ccc4c(c3)N(C[C@@H]3CC[C@H]3[C@@H](OCC3CC3)/C=C/C[C@H](C)C2)C[C@@]2(CCCc3cc(Cl)ccc32)CO4)cn1. The van der Waals surface area contributed by atoms with Crippen molar-refractivity contribution in [3.05, 3.63) is 88.2 Å².